The Morgan fingerprint density at radius 3 is 2.79 bits per heavy atom. The number of thiophene rings is 1. The molecule has 3 aromatic rings. The summed E-state index contributed by atoms with van der Waals surface area (Å²) in [4.78, 5) is 38.2. The van der Waals surface area contributed by atoms with E-state index in [4.69, 9.17) is 0 Å². The van der Waals surface area contributed by atoms with Gasteiger partial charge in [-0.2, -0.15) is 0 Å². The van der Waals surface area contributed by atoms with Gasteiger partial charge in [-0.3, -0.25) is 19.7 Å². The summed E-state index contributed by atoms with van der Waals surface area (Å²) in [5, 5.41) is 16.0. The number of hydrogen-bond acceptors (Lipinski definition) is 5. The van der Waals surface area contributed by atoms with Gasteiger partial charge in [-0.15, -0.1) is 11.3 Å². The lowest BCUT2D eigenvalue weighted by molar-refractivity contribution is -0.384. The Balaban J connectivity index is 1.99. The minimum absolute atomic E-state index is 0.117. The first kappa shape index (κ1) is 15.9. The highest BCUT2D eigenvalue weighted by atomic mass is 32.1. The number of rotatable bonds is 4. The Morgan fingerprint density at radius 1 is 1.33 bits per heavy atom. The van der Waals surface area contributed by atoms with Gasteiger partial charge in [0.25, 0.3) is 11.6 Å². The summed E-state index contributed by atoms with van der Waals surface area (Å²) in [6.07, 6.45) is 0. The van der Waals surface area contributed by atoms with Crippen molar-refractivity contribution in [1.82, 2.24) is 10.3 Å². The van der Waals surface area contributed by atoms with E-state index in [1.165, 1.54) is 29.5 Å². The van der Waals surface area contributed by atoms with Crippen molar-refractivity contribution >= 4 is 33.8 Å². The maximum atomic E-state index is 12.5. The molecule has 0 radical (unpaired) electrons. The van der Waals surface area contributed by atoms with Gasteiger partial charge in [0.2, 0.25) is 5.56 Å². The Labute approximate surface area is 140 Å². The molecule has 0 bridgehead atoms. The van der Waals surface area contributed by atoms with Gasteiger partial charge in [0, 0.05) is 34.0 Å². The van der Waals surface area contributed by atoms with Crippen molar-refractivity contribution in [3.63, 3.8) is 0 Å². The molecule has 24 heavy (non-hydrogen) atoms. The summed E-state index contributed by atoms with van der Waals surface area (Å²) >= 11 is 1.53. The van der Waals surface area contributed by atoms with E-state index in [1.807, 2.05) is 18.4 Å². The Morgan fingerprint density at radius 2 is 2.12 bits per heavy atom. The van der Waals surface area contributed by atoms with Gasteiger partial charge < -0.3 is 10.3 Å². The van der Waals surface area contributed by atoms with Gasteiger partial charge in [0.15, 0.2) is 0 Å². The first-order valence-corrected chi connectivity index (χ1v) is 7.96. The number of nitro benzene ring substituents is 1. The van der Waals surface area contributed by atoms with Crippen LogP contribution in [0.5, 0.6) is 0 Å². The number of nitro groups is 1. The van der Waals surface area contributed by atoms with Crippen molar-refractivity contribution in [2.24, 2.45) is 0 Å². The third-order valence-electron chi connectivity index (χ3n) is 3.66. The molecule has 0 atom stereocenters. The normalized spacial score (nSPS) is 10.7. The number of carbonyl (C=O) groups excluding carboxylic acids is 1. The fraction of sp³-hybridized carbons (Fsp3) is 0.125. The SMILES string of the molecule is Cc1ccsc1CNC(=O)c1cc(=O)[nH]c2ccc([N+](=O)[O-])cc12. The van der Waals surface area contributed by atoms with Crippen LogP contribution in [0.3, 0.4) is 0 Å². The zero-order chi connectivity index (χ0) is 17.3. The molecule has 0 saturated carbocycles. The molecule has 0 aliphatic heterocycles. The maximum absolute atomic E-state index is 12.5. The summed E-state index contributed by atoms with van der Waals surface area (Å²) in [5.74, 6) is -0.445. The second-order valence-electron chi connectivity index (χ2n) is 5.24. The molecule has 3 rings (SSSR count). The van der Waals surface area contributed by atoms with Gasteiger partial charge in [0.1, 0.15) is 0 Å². The van der Waals surface area contributed by atoms with Crippen LogP contribution in [0.25, 0.3) is 10.9 Å². The standard InChI is InChI=1S/C16H13N3O4S/c1-9-4-5-24-14(9)8-17-16(21)12-7-15(20)18-13-3-2-10(19(22)23)6-11(12)13/h2-7H,8H2,1H3,(H,17,21)(H,18,20). The lowest BCUT2D eigenvalue weighted by Crippen LogP contribution is -2.24. The fourth-order valence-corrected chi connectivity index (χ4v) is 3.23. The smallest absolute Gasteiger partial charge is 0.270 e. The first-order valence-electron chi connectivity index (χ1n) is 7.08. The van der Waals surface area contributed by atoms with Crippen LogP contribution < -0.4 is 10.9 Å². The van der Waals surface area contributed by atoms with Crippen molar-refractivity contribution in [1.29, 1.82) is 0 Å². The average Bonchev–Trinajstić information content (AvgIpc) is 2.96. The second kappa shape index (κ2) is 6.25. The minimum atomic E-state index is -0.540. The molecule has 2 N–H and O–H groups in total. The van der Waals surface area contributed by atoms with Crippen LogP contribution in [0.4, 0.5) is 5.69 Å². The van der Waals surface area contributed by atoms with Crippen molar-refractivity contribution in [2.45, 2.75) is 13.5 Å². The third kappa shape index (κ3) is 3.04. The number of carbonyl (C=O) groups is 1. The maximum Gasteiger partial charge on any atom is 0.270 e. The first-order chi connectivity index (χ1) is 11.5. The quantitative estimate of drug-likeness (QED) is 0.561. The molecular weight excluding hydrogens is 330 g/mol. The van der Waals surface area contributed by atoms with Crippen LogP contribution in [-0.4, -0.2) is 15.8 Å². The van der Waals surface area contributed by atoms with Gasteiger partial charge in [-0.1, -0.05) is 0 Å². The van der Waals surface area contributed by atoms with Crippen molar-refractivity contribution in [2.75, 3.05) is 0 Å². The molecule has 8 heteroatoms. The monoisotopic (exact) mass is 343 g/mol. The van der Waals surface area contributed by atoms with Crippen LogP contribution in [0, 0.1) is 17.0 Å². The third-order valence-corrected chi connectivity index (χ3v) is 4.68. The number of aryl methyl sites for hydroxylation is 1. The molecule has 122 valence electrons. The highest BCUT2D eigenvalue weighted by molar-refractivity contribution is 7.10. The molecule has 7 nitrogen and oxygen atoms in total. The predicted molar refractivity (Wildman–Crippen MR) is 91.4 cm³/mol. The fourth-order valence-electron chi connectivity index (χ4n) is 2.38. The number of H-pyrrole nitrogens is 1. The van der Waals surface area contributed by atoms with Crippen molar-refractivity contribution in [3.8, 4) is 0 Å². The predicted octanol–water partition coefficient (Wildman–Crippen LogP) is 2.74. The van der Waals surface area contributed by atoms with Gasteiger partial charge in [-0.25, -0.2) is 0 Å². The lowest BCUT2D eigenvalue weighted by Gasteiger charge is -2.08. The highest BCUT2D eigenvalue weighted by Gasteiger charge is 2.15. The van der Waals surface area contributed by atoms with Crippen LogP contribution >= 0.6 is 11.3 Å². The van der Waals surface area contributed by atoms with E-state index in [0.29, 0.717) is 17.4 Å². The van der Waals surface area contributed by atoms with E-state index in [2.05, 4.69) is 10.3 Å². The van der Waals surface area contributed by atoms with Crippen molar-refractivity contribution in [3.05, 3.63) is 72.2 Å². The zero-order valence-corrected chi connectivity index (χ0v) is 13.5. The number of amides is 1. The average molecular weight is 343 g/mol. The molecule has 0 spiro atoms. The molecular formula is C16H13N3O4S. The second-order valence-corrected chi connectivity index (χ2v) is 6.24. The van der Waals surface area contributed by atoms with Gasteiger partial charge in [-0.05, 0) is 30.0 Å². The molecule has 0 fully saturated rings. The molecule has 1 amide bonds. The minimum Gasteiger partial charge on any atom is -0.347 e. The van der Waals surface area contributed by atoms with Crippen LogP contribution in [0.1, 0.15) is 20.8 Å². The number of benzene rings is 1. The van der Waals surface area contributed by atoms with Crippen LogP contribution in [0.2, 0.25) is 0 Å². The van der Waals surface area contributed by atoms with E-state index >= 15 is 0 Å². The number of pyridine rings is 1. The van der Waals surface area contributed by atoms with E-state index in [9.17, 15) is 19.7 Å². The summed E-state index contributed by atoms with van der Waals surface area (Å²) in [5.41, 5.74) is 0.996. The number of aromatic amines is 1. The number of nitrogens with one attached hydrogen (secondary N) is 2. The molecule has 0 saturated heterocycles. The highest BCUT2D eigenvalue weighted by Crippen LogP contribution is 2.22. The molecule has 1 aromatic carbocycles. The molecule has 0 aliphatic carbocycles. The van der Waals surface area contributed by atoms with E-state index in [0.717, 1.165) is 16.5 Å². The summed E-state index contributed by atoms with van der Waals surface area (Å²) in [7, 11) is 0. The number of aromatic nitrogens is 1. The Kier molecular flexibility index (Phi) is 4.13. The molecule has 0 unspecified atom stereocenters. The van der Waals surface area contributed by atoms with E-state index < -0.39 is 16.4 Å². The molecule has 2 aromatic heterocycles. The summed E-state index contributed by atoms with van der Waals surface area (Å²) < 4.78 is 0. The molecule has 2 heterocycles. The van der Waals surface area contributed by atoms with Crippen LogP contribution in [0.15, 0.2) is 40.5 Å². The number of non-ortho nitro benzene ring substituents is 1. The number of nitrogens with zero attached hydrogens (tertiary/aromatic N) is 1. The van der Waals surface area contributed by atoms with Crippen molar-refractivity contribution < 1.29 is 9.72 Å². The largest absolute Gasteiger partial charge is 0.347 e. The van der Waals surface area contributed by atoms with Gasteiger partial charge in [0.05, 0.1) is 17.0 Å². The van der Waals surface area contributed by atoms with E-state index in [-0.39, 0.29) is 11.3 Å². The Hall–Kier alpha value is -3.00. The summed E-state index contributed by atoms with van der Waals surface area (Å²) in [6, 6.07) is 7.11. The van der Waals surface area contributed by atoms with Gasteiger partial charge >= 0.3 is 0 Å². The lowest BCUT2D eigenvalue weighted by atomic mass is 10.1. The van der Waals surface area contributed by atoms with Crippen LogP contribution in [-0.2, 0) is 6.54 Å². The Bertz CT molecular complexity index is 1010. The zero-order valence-electron chi connectivity index (χ0n) is 12.7. The summed E-state index contributed by atoms with van der Waals surface area (Å²) in [6.45, 7) is 2.29. The van der Waals surface area contributed by atoms with E-state index in [1.54, 1.807) is 0 Å². The topological polar surface area (TPSA) is 105 Å². The molecule has 0 aliphatic rings. The number of hydrogen-bond donors (Lipinski definition) is 2. The number of fused-ring (bicyclic) bond motifs is 1.